The van der Waals surface area contributed by atoms with E-state index in [1.807, 2.05) is 42.0 Å². The Morgan fingerprint density at radius 2 is 1.97 bits per heavy atom. The predicted octanol–water partition coefficient (Wildman–Crippen LogP) is 3.88. The van der Waals surface area contributed by atoms with E-state index in [1.165, 1.54) is 11.3 Å². The molecule has 1 unspecified atom stereocenters. The number of anilines is 2. The van der Waals surface area contributed by atoms with Gasteiger partial charge in [-0.1, -0.05) is 36.4 Å². The standard InChI is InChI=1S/C21H22N4O2S2/c1-28-11-10-17(23-19(26)15-8-5-9-16(22)12-15)20(27)25-21-24-18(13-29-21)14-6-3-2-4-7-14/h2-9,12-13,17H,10-11,22H2,1H3,(H,23,26)(H,24,25,27). The highest BCUT2D eigenvalue weighted by Gasteiger charge is 2.22. The van der Waals surface area contributed by atoms with E-state index in [0.29, 0.717) is 22.8 Å². The van der Waals surface area contributed by atoms with E-state index in [-0.39, 0.29) is 11.8 Å². The van der Waals surface area contributed by atoms with Gasteiger partial charge in [-0.15, -0.1) is 11.3 Å². The van der Waals surface area contributed by atoms with Crippen molar-refractivity contribution in [2.45, 2.75) is 12.5 Å². The largest absolute Gasteiger partial charge is 0.399 e. The molecular formula is C21H22N4O2S2. The molecule has 0 spiro atoms. The summed E-state index contributed by atoms with van der Waals surface area (Å²) in [6, 6.07) is 15.8. The fourth-order valence-electron chi connectivity index (χ4n) is 2.69. The zero-order valence-corrected chi connectivity index (χ0v) is 17.6. The second-order valence-corrected chi connectivity index (χ2v) is 8.17. The number of thiazole rings is 1. The molecule has 1 aromatic heterocycles. The number of benzene rings is 2. The summed E-state index contributed by atoms with van der Waals surface area (Å²) < 4.78 is 0. The normalized spacial score (nSPS) is 11.6. The van der Waals surface area contributed by atoms with Crippen molar-refractivity contribution < 1.29 is 9.59 Å². The summed E-state index contributed by atoms with van der Waals surface area (Å²) in [4.78, 5) is 29.8. The van der Waals surface area contributed by atoms with Crippen LogP contribution in [0.25, 0.3) is 11.3 Å². The van der Waals surface area contributed by atoms with Crippen LogP contribution in [-0.2, 0) is 4.79 Å². The van der Waals surface area contributed by atoms with Crippen molar-refractivity contribution in [3.63, 3.8) is 0 Å². The van der Waals surface area contributed by atoms with Crippen LogP contribution in [0.15, 0.2) is 60.0 Å². The van der Waals surface area contributed by atoms with E-state index >= 15 is 0 Å². The fourth-order valence-corrected chi connectivity index (χ4v) is 3.89. The second-order valence-electron chi connectivity index (χ2n) is 6.33. The van der Waals surface area contributed by atoms with E-state index in [9.17, 15) is 9.59 Å². The monoisotopic (exact) mass is 426 g/mol. The lowest BCUT2D eigenvalue weighted by Crippen LogP contribution is -2.44. The topological polar surface area (TPSA) is 97.1 Å². The lowest BCUT2D eigenvalue weighted by Gasteiger charge is -2.17. The van der Waals surface area contributed by atoms with Crippen LogP contribution in [-0.4, -0.2) is 34.8 Å². The summed E-state index contributed by atoms with van der Waals surface area (Å²) in [5.74, 6) is 0.121. The predicted molar refractivity (Wildman–Crippen MR) is 121 cm³/mol. The van der Waals surface area contributed by atoms with Gasteiger partial charge in [-0.05, 0) is 36.6 Å². The quantitative estimate of drug-likeness (QED) is 0.475. The van der Waals surface area contributed by atoms with Crippen molar-refractivity contribution in [1.29, 1.82) is 0 Å². The molecule has 4 N–H and O–H groups in total. The number of hydrogen-bond donors (Lipinski definition) is 3. The van der Waals surface area contributed by atoms with E-state index in [1.54, 1.807) is 36.0 Å². The van der Waals surface area contributed by atoms with E-state index in [0.717, 1.165) is 17.0 Å². The smallest absolute Gasteiger partial charge is 0.252 e. The van der Waals surface area contributed by atoms with Gasteiger partial charge >= 0.3 is 0 Å². The van der Waals surface area contributed by atoms with Crippen LogP contribution < -0.4 is 16.4 Å². The third-order valence-electron chi connectivity index (χ3n) is 4.19. The Kier molecular flexibility index (Phi) is 7.26. The maximum Gasteiger partial charge on any atom is 0.252 e. The first kappa shape index (κ1) is 20.9. The van der Waals surface area contributed by atoms with Crippen molar-refractivity contribution in [3.8, 4) is 11.3 Å². The molecule has 6 nitrogen and oxygen atoms in total. The van der Waals surface area contributed by atoms with Crippen molar-refractivity contribution in [3.05, 3.63) is 65.5 Å². The van der Waals surface area contributed by atoms with Crippen LogP contribution in [0.4, 0.5) is 10.8 Å². The number of hydrogen-bond acceptors (Lipinski definition) is 6. The third-order valence-corrected chi connectivity index (χ3v) is 5.59. The molecule has 150 valence electrons. The van der Waals surface area contributed by atoms with Crippen molar-refractivity contribution in [2.75, 3.05) is 23.1 Å². The Hall–Kier alpha value is -2.84. The number of nitrogen functional groups attached to an aromatic ring is 1. The van der Waals surface area contributed by atoms with Crippen LogP contribution in [0, 0.1) is 0 Å². The van der Waals surface area contributed by atoms with Crippen molar-refractivity contribution >= 4 is 45.7 Å². The van der Waals surface area contributed by atoms with Crippen LogP contribution in [0.2, 0.25) is 0 Å². The van der Waals surface area contributed by atoms with Crippen LogP contribution in [0.3, 0.4) is 0 Å². The lowest BCUT2D eigenvalue weighted by molar-refractivity contribution is -0.118. The average molecular weight is 427 g/mol. The zero-order valence-electron chi connectivity index (χ0n) is 15.9. The molecule has 0 aliphatic rings. The molecule has 0 saturated carbocycles. The van der Waals surface area contributed by atoms with Gasteiger partial charge in [-0.3, -0.25) is 9.59 Å². The Morgan fingerprint density at radius 1 is 1.17 bits per heavy atom. The number of amides is 2. The molecule has 0 fully saturated rings. The molecule has 3 rings (SSSR count). The summed E-state index contributed by atoms with van der Waals surface area (Å²) in [6.45, 7) is 0. The molecule has 0 saturated heterocycles. The number of thioether (sulfide) groups is 1. The second kappa shape index (κ2) is 10.1. The Bertz CT molecular complexity index is 976. The van der Waals surface area contributed by atoms with Gasteiger partial charge in [0.25, 0.3) is 5.91 Å². The molecule has 2 amide bonds. The van der Waals surface area contributed by atoms with Crippen LogP contribution >= 0.6 is 23.1 Å². The number of carbonyl (C=O) groups excluding carboxylic acids is 2. The number of nitrogens with one attached hydrogen (secondary N) is 2. The van der Waals surface area contributed by atoms with Crippen LogP contribution in [0.1, 0.15) is 16.8 Å². The minimum Gasteiger partial charge on any atom is -0.399 e. The number of aromatic nitrogens is 1. The van der Waals surface area contributed by atoms with Gasteiger partial charge in [0.15, 0.2) is 5.13 Å². The zero-order chi connectivity index (χ0) is 20.6. The van der Waals surface area contributed by atoms with Crippen molar-refractivity contribution in [2.24, 2.45) is 0 Å². The Morgan fingerprint density at radius 3 is 2.69 bits per heavy atom. The minimum atomic E-state index is -0.666. The first-order valence-corrected chi connectivity index (χ1v) is 11.3. The summed E-state index contributed by atoms with van der Waals surface area (Å²) in [5, 5.41) is 8.04. The molecule has 2 aromatic carbocycles. The highest BCUT2D eigenvalue weighted by Crippen LogP contribution is 2.24. The summed E-state index contributed by atoms with van der Waals surface area (Å²) >= 11 is 2.97. The first-order chi connectivity index (χ1) is 14.1. The summed E-state index contributed by atoms with van der Waals surface area (Å²) in [6.07, 6.45) is 2.47. The summed E-state index contributed by atoms with van der Waals surface area (Å²) in [7, 11) is 0. The molecular weight excluding hydrogens is 404 g/mol. The van der Waals surface area contributed by atoms with Gasteiger partial charge in [0.05, 0.1) is 5.69 Å². The van der Waals surface area contributed by atoms with E-state index in [4.69, 9.17) is 5.73 Å². The highest BCUT2D eigenvalue weighted by atomic mass is 32.2. The highest BCUT2D eigenvalue weighted by molar-refractivity contribution is 7.98. The number of nitrogens with zero attached hydrogens (tertiary/aromatic N) is 1. The Balaban J connectivity index is 1.69. The molecule has 0 aliphatic heterocycles. The van der Waals surface area contributed by atoms with Gasteiger partial charge < -0.3 is 16.4 Å². The number of nitrogens with two attached hydrogens (primary N) is 1. The average Bonchev–Trinajstić information content (AvgIpc) is 3.20. The number of rotatable bonds is 8. The van der Waals surface area contributed by atoms with Gasteiger partial charge in [0, 0.05) is 22.2 Å². The van der Waals surface area contributed by atoms with Gasteiger partial charge in [0.2, 0.25) is 5.91 Å². The number of carbonyl (C=O) groups is 2. The van der Waals surface area contributed by atoms with Crippen LogP contribution in [0.5, 0.6) is 0 Å². The Labute approximate surface area is 177 Å². The molecule has 0 aliphatic carbocycles. The SMILES string of the molecule is CSCCC(NC(=O)c1cccc(N)c1)C(=O)Nc1nc(-c2ccccc2)cs1. The van der Waals surface area contributed by atoms with Gasteiger partial charge in [-0.2, -0.15) is 11.8 Å². The molecule has 0 radical (unpaired) electrons. The summed E-state index contributed by atoms with van der Waals surface area (Å²) in [5.41, 5.74) is 8.46. The van der Waals surface area contributed by atoms with E-state index < -0.39 is 6.04 Å². The fraction of sp³-hybridized carbons (Fsp3) is 0.190. The maximum absolute atomic E-state index is 12.8. The first-order valence-electron chi connectivity index (χ1n) is 9.04. The van der Waals surface area contributed by atoms with E-state index in [2.05, 4.69) is 15.6 Å². The third kappa shape index (κ3) is 5.82. The van der Waals surface area contributed by atoms with Crippen molar-refractivity contribution in [1.82, 2.24) is 10.3 Å². The lowest BCUT2D eigenvalue weighted by atomic mass is 10.1. The van der Waals surface area contributed by atoms with Gasteiger partial charge in [0.1, 0.15) is 6.04 Å². The molecule has 0 bridgehead atoms. The molecule has 29 heavy (non-hydrogen) atoms. The maximum atomic E-state index is 12.8. The van der Waals surface area contributed by atoms with Gasteiger partial charge in [-0.25, -0.2) is 4.98 Å². The molecule has 8 heteroatoms. The molecule has 1 heterocycles. The molecule has 3 aromatic rings. The minimum absolute atomic E-state index is 0.287. The molecule has 1 atom stereocenters.